The number of carbonyl (C=O) groups excluding carboxylic acids is 1. The second kappa shape index (κ2) is 5.95. The van der Waals surface area contributed by atoms with E-state index < -0.39 is 27.0 Å². The van der Waals surface area contributed by atoms with Crippen LogP contribution >= 0.6 is 0 Å². The van der Waals surface area contributed by atoms with Gasteiger partial charge in [-0.05, 0) is 25.0 Å². The van der Waals surface area contributed by atoms with Gasteiger partial charge in [-0.1, -0.05) is 26.0 Å². The predicted molar refractivity (Wildman–Crippen MR) is 67.2 cm³/mol. The van der Waals surface area contributed by atoms with E-state index in [1.54, 1.807) is 13.8 Å². The Balaban J connectivity index is 2.92. The SMILES string of the molecule is CCC(CC)S(=O)(=O)NC(=O)c1ccccc1F. The van der Waals surface area contributed by atoms with Crippen molar-refractivity contribution in [3.63, 3.8) is 0 Å². The molecule has 0 saturated heterocycles. The molecule has 0 saturated carbocycles. The van der Waals surface area contributed by atoms with Crippen LogP contribution in [0, 0.1) is 5.82 Å². The van der Waals surface area contributed by atoms with Crippen molar-refractivity contribution < 1.29 is 17.6 Å². The molecule has 1 aromatic rings. The quantitative estimate of drug-likeness (QED) is 0.893. The van der Waals surface area contributed by atoms with Gasteiger partial charge in [0.2, 0.25) is 10.0 Å². The smallest absolute Gasteiger partial charge is 0.267 e. The minimum atomic E-state index is -3.75. The molecule has 0 aliphatic rings. The maximum atomic E-state index is 13.3. The molecule has 0 atom stereocenters. The summed E-state index contributed by atoms with van der Waals surface area (Å²) in [7, 11) is -3.75. The highest BCUT2D eigenvalue weighted by Crippen LogP contribution is 2.11. The number of halogens is 1. The first kappa shape index (κ1) is 14.6. The second-order valence-corrected chi connectivity index (χ2v) is 5.86. The predicted octanol–water partition coefficient (Wildman–Crippen LogP) is 2.07. The standard InChI is InChI=1S/C12H16FNO3S/c1-3-9(4-2)18(16,17)14-12(15)10-7-5-6-8-11(10)13/h5-9H,3-4H2,1-2H3,(H,14,15). The van der Waals surface area contributed by atoms with Gasteiger partial charge in [-0.25, -0.2) is 17.5 Å². The van der Waals surface area contributed by atoms with Crippen LogP contribution in [-0.4, -0.2) is 19.6 Å². The van der Waals surface area contributed by atoms with Gasteiger partial charge < -0.3 is 0 Å². The van der Waals surface area contributed by atoms with Gasteiger partial charge in [0.05, 0.1) is 10.8 Å². The van der Waals surface area contributed by atoms with Crippen LogP contribution in [0.15, 0.2) is 24.3 Å². The monoisotopic (exact) mass is 273 g/mol. The summed E-state index contributed by atoms with van der Waals surface area (Å²) in [4.78, 5) is 11.7. The molecule has 0 aliphatic heterocycles. The maximum absolute atomic E-state index is 13.3. The van der Waals surface area contributed by atoms with Crippen LogP contribution < -0.4 is 4.72 Å². The molecule has 0 aromatic heterocycles. The molecule has 0 bridgehead atoms. The fourth-order valence-electron chi connectivity index (χ4n) is 1.64. The average molecular weight is 273 g/mol. The fourth-order valence-corrected chi connectivity index (χ4v) is 3.05. The fraction of sp³-hybridized carbons (Fsp3) is 0.417. The van der Waals surface area contributed by atoms with E-state index in [4.69, 9.17) is 0 Å². The molecule has 6 heteroatoms. The first-order valence-corrected chi connectivity index (χ1v) is 7.27. The van der Waals surface area contributed by atoms with Gasteiger partial charge in [0.25, 0.3) is 5.91 Å². The van der Waals surface area contributed by atoms with Crippen molar-refractivity contribution in [3.05, 3.63) is 35.6 Å². The van der Waals surface area contributed by atoms with Gasteiger partial charge in [-0.15, -0.1) is 0 Å². The summed E-state index contributed by atoms with van der Waals surface area (Å²) in [6.07, 6.45) is 0.798. The molecule has 0 fully saturated rings. The van der Waals surface area contributed by atoms with E-state index in [1.807, 2.05) is 4.72 Å². The number of nitrogens with one attached hydrogen (secondary N) is 1. The van der Waals surface area contributed by atoms with E-state index in [0.717, 1.165) is 6.07 Å². The van der Waals surface area contributed by atoms with Crippen LogP contribution in [0.5, 0.6) is 0 Å². The van der Waals surface area contributed by atoms with Crippen molar-refractivity contribution in [2.45, 2.75) is 31.9 Å². The number of hydrogen-bond donors (Lipinski definition) is 1. The van der Waals surface area contributed by atoms with Crippen molar-refractivity contribution in [1.82, 2.24) is 4.72 Å². The van der Waals surface area contributed by atoms with Crippen molar-refractivity contribution >= 4 is 15.9 Å². The van der Waals surface area contributed by atoms with E-state index in [9.17, 15) is 17.6 Å². The summed E-state index contributed by atoms with van der Waals surface area (Å²) in [6, 6.07) is 5.26. The maximum Gasteiger partial charge on any atom is 0.267 e. The van der Waals surface area contributed by atoms with E-state index in [1.165, 1.54) is 18.2 Å². The molecular weight excluding hydrogens is 257 g/mol. The minimum absolute atomic E-state index is 0.271. The lowest BCUT2D eigenvalue weighted by molar-refractivity contribution is 0.0977. The number of benzene rings is 1. The van der Waals surface area contributed by atoms with Crippen LogP contribution in [0.4, 0.5) is 4.39 Å². The first-order chi connectivity index (χ1) is 8.42. The molecule has 0 aliphatic carbocycles. The summed E-state index contributed by atoms with van der Waals surface area (Å²) in [5, 5.41) is -0.645. The summed E-state index contributed by atoms with van der Waals surface area (Å²) in [6.45, 7) is 3.45. The number of rotatable bonds is 5. The van der Waals surface area contributed by atoms with Gasteiger partial charge in [0.1, 0.15) is 5.82 Å². The van der Waals surface area contributed by atoms with Crippen LogP contribution in [0.25, 0.3) is 0 Å². The third kappa shape index (κ3) is 3.29. The molecule has 4 nitrogen and oxygen atoms in total. The molecule has 0 heterocycles. The summed E-state index contributed by atoms with van der Waals surface area (Å²) in [5.41, 5.74) is -0.271. The van der Waals surface area contributed by atoms with Gasteiger partial charge >= 0.3 is 0 Å². The highest BCUT2D eigenvalue weighted by Gasteiger charge is 2.25. The molecule has 1 amide bonds. The van der Waals surface area contributed by atoms with E-state index in [0.29, 0.717) is 12.8 Å². The Morgan fingerprint density at radius 3 is 2.33 bits per heavy atom. The largest absolute Gasteiger partial charge is 0.268 e. The normalized spacial score (nSPS) is 11.6. The van der Waals surface area contributed by atoms with Crippen molar-refractivity contribution in [2.24, 2.45) is 0 Å². The van der Waals surface area contributed by atoms with Crippen LogP contribution in [0.1, 0.15) is 37.0 Å². The molecule has 18 heavy (non-hydrogen) atoms. The highest BCUT2D eigenvalue weighted by molar-refractivity contribution is 7.90. The summed E-state index contributed by atoms with van der Waals surface area (Å²) in [5.74, 6) is -1.67. The van der Waals surface area contributed by atoms with Gasteiger partial charge in [-0.2, -0.15) is 0 Å². The van der Waals surface area contributed by atoms with Crippen LogP contribution in [-0.2, 0) is 10.0 Å². The van der Waals surface area contributed by atoms with Crippen LogP contribution in [0.3, 0.4) is 0 Å². The summed E-state index contributed by atoms with van der Waals surface area (Å²) >= 11 is 0. The Bertz CT molecular complexity index is 524. The first-order valence-electron chi connectivity index (χ1n) is 5.72. The third-order valence-electron chi connectivity index (χ3n) is 2.70. The zero-order valence-corrected chi connectivity index (χ0v) is 11.1. The lowest BCUT2D eigenvalue weighted by Gasteiger charge is -2.14. The highest BCUT2D eigenvalue weighted by atomic mass is 32.2. The van der Waals surface area contributed by atoms with E-state index >= 15 is 0 Å². The molecule has 0 unspecified atom stereocenters. The zero-order valence-electron chi connectivity index (χ0n) is 10.3. The molecular formula is C12H16FNO3S. The Morgan fingerprint density at radius 1 is 1.28 bits per heavy atom. The average Bonchev–Trinajstić information content (AvgIpc) is 2.29. The Morgan fingerprint density at radius 2 is 1.83 bits per heavy atom. The van der Waals surface area contributed by atoms with Gasteiger partial charge in [0, 0.05) is 0 Å². The zero-order chi connectivity index (χ0) is 13.8. The molecule has 1 N–H and O–H groups in total. The van der Waals surface area contributed by atoms with Crippen molar-refractivity contribution in [2.75, 3.05) is 0 Å². The third-order valence-corrected chi connectivity index (χ3v) is 4.72. The molecule has 100 valence electrons. The topological polar surface area (TPSA) is 63.2 Å². The lowest BCUT2D eigenvalue weighted by Crippen LogP contribution is -2.38. The molecule has 1 rings (SSSR count). The Hall–Kier alpha value is -1.43. The lowest BCUT2D eigenvalue weighted by atomic mass is 10.2. The minimum Gasteiger partial charge on any atom is -0.268 e. The number of sulfonamides is 1. The molecule has 0 radical (unpaired) electrons. The van der Waals surface area contributed by atoms with Crippen molar-refractivity contribution in [1.29, 1.82) is 0 Å². The summed E-state index contributed by atoms with van der Waals surface area (Å²) < 4.78 is 38.9. The number of hydrogen-bond acceptors (Lipinski definition) is 3. The number of carbonyl (C=O) groups is 1. The van der Waals surface area contributed by atoms with Crippen molar-refractivity contribution in [3.8, 4) is 0 Å². The molecule has 1 aromatic carbocycles. The van der Waals surface area contributed by atoms with E-state index in [-0.39, 0.29) is 5.56 Å². The second-order valence-electron chi connectivity index (χ2n) is 3.89. The van der Waals surface area contributed by atoms with Gasteiger partial charge in [-0.3, -0.25) is 4.79 Å². The Kier molecular flexibility index (Phi) is 4.84. The van der Waals surface area contributed by atoms with Gasteiger partial charge in [0.15, 0.2) is 0 Å². The Labute approximate surface area is 106 Å². The van der Waals surface area contributed by atoms with Crippen LogP contribution in [0.2, 0.25) is 0 Å². The molecule has 0 spiro atoms. The number of amides is 1. The van der Waals surface area contributed by atoms with E-state index in [2.05, 4.69) is 0 Å².